The van der Waals surface area contributed by atoms with Gasteiger partial charge in [-0.05, 0) is 48.2 Å². The first-order valence-corrected chi connectivity index (χ1v) is 9.68. The van der Waals surface area contributed by atoms with Gasteiger partial charge in [-0.2, -0.15) is 0 Å². The van der Waals surface area contributed by atoms with Gasteiger partial charge in [0.25, 0.3) is 0 Å². The topological polar surface area (TPSA) is 85.9 Å². The van der Waals surface area contributed by atoms with E-state index in [0.29, 0.717) is 17.1 Å². The molecule has 26 heavy (non-hydrogen) atoms. The molecule has 0 amide bonds. The fraction of sp³-hybridized carbons (Fsp3) is 0.158. The fourth-order valence-electron chi connectivity index (χ4n) is 3.11. The molecule has 1 saturated carbocycles. The van der Waals surface area contributed by atoms with Crippen LogP contribution in [0.15, 0.2) is 65.7 Å². The molecule has 0 unspecified atom stereocenters. The van der Waals surface area contributed by atoms with Crippen molar-refractivity contribution in [3.8, 4) is 11.3 Å². The zero-order valence-corrected chi connectivity index (χ0v) is 14.5. The summed E-state index contributed by atoms with van der Waals surface area (Å²) in [6.45, 7) is 0. The highest BCUT2D eigenvalue weighted by molar-refractivity contribution is 7.89. The number of primary sulfonamides is 1. The highest BCUT2D eigenvalue weighted by Gasteiger charge is 2.41. The molecule has 0 aliphatic heterocycles. The van der Waals surface area contributed by atoms with Gasteiger partial charge in [0.05, 0.1) is 10.6 Å². The normalized spacial score (nSPS) is 19.3. The molecule has 0 saturated heterocycles. The van der Waals surface area contributed by atoms with Crippen LogP contribution in [0.5, 0.6) is 0 Å². The zero-order chi connectivity index (χ0) is 18.3. The van der Waals surface area contributed by atoms with E-state index in [1.165, 1.54) is 24.3 Å². The second kappa shape index (κ2) is 6.26. The third-order valence-corrected chi connectivity index (χ3v) is 5.48. The van der Waals surface area contributed by atoms with E-state index in [-0.39, 0.29) is 22.5 Å². The van der Waals surface area contributed by atoms with E-state index in [4.69, 9.17) is 5.14 Å². The van der Waals surface area contributed by atoms with E-state index in [2.05, 4.69) is 9.97 Å². The van der Waals surface area contributed by atoms with Gasteiger partial charge in [0.1, 0.15) is 11.6 Å². The largest absolute Gasteiger partial charge is 0.241 e. The third-order valence-electron chi connectivity index (χ3n) is 4.55. The van der Waals surface area contributed by atoms with Crippen LogP contribution < -0.4 is 5.14 Å². The van der Waals surface area contributed by atoms with Crippen molar-refractivity contribution in [2.24, 2.45) is 5.14 Å². The summed E-state index contributed by atoms with van der Waals surface area (Å²) >= 11 is 0. The molecule has 0 radical (unpaired) electrons. The van der Waals surface area contributed by atoms with Crippen LogP contribution in [0.3, 0.4) is 0 Å². The summed E-state index contributed by atoms with van der Waals surface area (Å²) in [5.74, 6) is 0.824. The van der Waals surface area contributed by atoms with Gasteiger partial charge in [-0.3, -0.25) is 0 Å². The Balaban J connectivity index is 1.56. The molecule has 0 spiro atoms. The van der Waals surface area contributed by atoms with Gasteiger partial charge in [0.2, 0.25) is 10.0 Å². The van der Waals surface area contributed by atoms with E-state index in [9.17, 15) is 12.8 Å². The van der Waals surface area contributed by atoms with Gasteiger partial charge in [-0.25, -0.2) is 27.9 Å². The standard InChI is InChI=1S/C19H16FN3O2S/c20-14-3-1-2-13(10-14)18-8-9-22-19(23-18)17-11-16(17)12-4-6-15(7-5-12)26(21,24)25/h1-10,16-17H,11H2,(H2,21,24,25)/t16-,17-/m0/s1. The first-order valence-electron chi connectivity index (χ1n) is 8.13. The predicted octanol–water partition coefficient (Wildman–Crippen LogP) is 3.20. The molecule has 2 atom stereocenters. The second-order valence-corrected chi connectivity index (χ2v) is 7.93. The van der Waals surface area contributed by atoms with Crippen molar-refractivity contribution in [3.05, 3.63) is 78.0 Å². The Kier molecular flexibility index (Phi) is 4.05. The lowest BCUT2D eigenvalue weighted by Crippen LogP contribution is -2.11. The van der Waals surface area contributed by atoms with Gasteiger partial charge in [-0.1, -0.05) is 24.3 Å². The first kappa shape index (κ1) is 16.8. The molecule has 1 aromatic heterocycles. The number of halogens is 1. The molecular formula is C19H16FN3O2S. The minimum atomic E-state index is -3.69. The summed E-state index contributed by atoms with van der Waals surface area (Å²) in [4.78, 5) is 9.05. The molecule has 132 valence electrons. The number of sulfonamides is 1. The number of nitrogens with zero attached hydrogens (tertiary/aromatic N) is 2. The molecule has 1 aliphatic rings. The maximum Gasteiger partial charge on any atom is 0.238 e. The van der Waals surface area contributed by atoms with Crippen LogP contribution in [-0.4, -0.2) is 18.4 Å². The smallest absolute Gasteiger partial charge is 0.238 e. The number of benzene rings is 2. The van der Waals surface area contributed by atoms with E-state index >= 15 is 0 Å². The molecule has 1 fully saturated rings. The Bertz CT molecular complexity index is 1070. The van der Waals surface area contributed by atoms with Crippen molar-refractivity contribution in [1.29, 1.82) is 0 Å². The van der Waals surface area contributed by atoms with Gasteiger partial charge in [-0.15, -0.1) is 0 Å². The summed E-state index contributed by atoms with van der Waals surface area (Å²) in [7, 11) is -3.69. The van der Waals surface area contributed by atoms with E-state index in [0.717, 1.165) is 12.0 Å². The van der Waals surface area contributed by atoms with E-state index < -0.39 is 10.0 Å². The lowest BCUT2D eigenvalue weighted by Gasteiger charge is -2.05. The Morgan fingerprint density at radius 3 is 2.50 bits per heavy atom. The molecular weight excluding hydrogens is 353 g/mol. The summed E-state index contributed by atoms with van der Waals surface area (Å²) < 4.78 is 36.1. The van der Waals surface area contributed by atoms with Gasteiger partial charge in [0.15, 0.2) is 0 Å². The molecule has 4 rings (SSSR count). The predicted molar refractivity (Wildman–Crippen MR) is 95.3 cm³/mol. The molecule has 2 N–H and O–H groups in total. The van der Waals surface area contributed by atoms with Crippen molar-refractivity contribution in [2.75, 3.05) is 0 Å². The Labute approximate surface area is 150 Å². The zero-order valence-electron chi connectivity index (χ0n) is 13.7. The van der Waals surface area contributed by atoms with Gasteiger partial charge >= 0.3 is 0 Å². The van der Waals surface area contributed by atoms with Gasteiger partial charge in [0, 0.05) is 17.7 Å². The van der Waals surface area contributed by atoms with Gasteiger partial charge < -0.3 is 0 Å². The summed E-state index contributed by atoms with van der Waals surface area (Å²) in [6, 6.07) is 14.7. The Morgan fingerprint density at radius 2 is 1.81 bits per heavy atom. The number of nitrogens with two attached hydrogens (primary N) is 1. The molecule has 1 heterocycles. The van der Waals surface area contributed by atoms with E-state index in [1.54, 1.807) is 30.5 Å². The maximum atomic E-state index is 13.4. The highest BCUT2D eigenvalue weighted by atomic mass is 32.2. The van der Waals surface area contributed by atoms with Crippen LogP contribution in [0.4, 0.5) is 4.39 Å². The fourth-order valence-corrected chi connectivity index (χ4v) is 3.63. The minimum absolute atomic E-state index is 0.0998. The first-order chi connectivity index (χ1) is 12.4. The van der Waals surface area contributed by atoms with Crippen molar-refractivity contribution >= 4 is 10.0 Å². The lowest BCUT2D eigenvalue weighted by molar-refractivity contribution is 0.597. The second-order valence-electron chi connectivity index (χ2n) is 6.37. The summed E-state index contributed by atoms with van der Waals surface area (Å²) in [5.41, 5.74) is 2.43. The number of hydrogen-bond donors (Lipinski definition) is 1. The Morgan fingerprint density at radius 1 is 1.04 bits per heavy atom. The Hall–Kier alpha value is -2.64. The van der Waals surface area contributed by atoms with Crippen molar-refractivity contribution in [1.82, 2.24) is 9.97 Å². The molecule has 3 aromatic rings. The number of rotatable bonds is 4. The highest BCUT2D eigenvalue weighted by Crippen LogP contribution is 2.53. The van der Waals surface area contributed by atoms with Crippen molar-refractivity contribution < 1.29 is 12.8 Å². The summed E-state index contributed by atoms with van der Waals surface area (Å²) in [6.07, 6.45) is 2.57. The number of hydrogen-bond acceptors (Lipinski definition) is 4. The SMILES string of the molecule is NS(=O)(=O)c1ccc([C@@H]2C[C@@H]2c2nccc(-c3cccc(F)c3)n2)cc1. The average Bonchev–Trinajstić information content (AvgIpc) is 3.42. The van der Waals surface area contributed by atoms with Crippen LogP contribution in [0, 0.1) is 5.82 Å². The average molecular weight is 369 g/mol. The molecule has 0 bridgehead atoms. The lowest BCUT2D eigenvalue weighted by atomic mass is 10.1. The van der Waals surface area contributed by atoms with Crippen LogP contribution >= 0.6 is 0 Å². The quantitative estimate of drug-likeness (QED) is 0.765. The summed E-state index contributed by atoms with van der Waals surface area (Å²) in [5, 5.41) is 5.12. The molecule has 5 nitrogen and oxygen atoms in total. The molecule has 1 aliphatic carbocycles. The molecule has 7 heteroatoms. The van der Waals surface area contributed by atoms with Crippen LogP contribution in [0.2, 0.25) is 0 Å². The van der Waals surface area contributed by atoms with Crippen molar-refractivity contribution in [3.63, 3.8) is 0 Å². The number of aromatic nitrogens is 2. The van der Waals surface area contributed by atoms with Crippen LogP contribution in [0.25, 0.3) is 11.3 Å². The third kappa shape index (κ3) is 3.36. The van der Waals surface area contributed by atoms with Crippen LogP contribution in [0.1, 0.15) is 29.6 Å². The van der Waals surface area contributed by atoms with Crippen molar-refractivity contribution in [2.45, 2.75) is 23.2 Å². The molecule has 2 aromatic carbocycles. The minimum Gasteiger partial charge on any atom is -0.241 e. The maximum absolute atomic E-state index is 13.4. The van der Waals surface area contributed by atoms with Crippen LogP contribution in [-0.2, 0) is 10.0 Å². The monoisotopic (exact) mass is 369 g/mol. The van der Waals surface area contributed by atoms with E-state index in [1.807, 2.05) is 6.07 Å².